The van der Waals surface area contributed by atoms with E-state index < -0.39 is 0 Å². The van der Waals surface area contributed by atoms with Gasteiger partial charge in [0.15, 0.2) is 0 Å². The quantitative estimate of drug-likeness (QED) is 0.785. The van der Waals surface area contributed by atoms with Gasteiger partial charge in [-0.2, -0.15) is 4.98 Å². The fourth-order valence-electron chi connectivity index (χ4n) is 2.48. The summed E-state index contributed by atoms with van der Waals surface area (Å²) in [5, 5.41) is 6.86. The van der Waals surface area contributed by atoms with Gasteiger partial charge in [-0.15, -0.1) is 0 Å². The number of fused-ring (bicyclic) bond motifs is 1. The Hall–Kier alpha value is -3.02. The minimum Gasteiger partial charge on any atom is -0.334 e. The first kappa shape index (κ1) is 12.7. The van der Waals surface area contributed by atoms with Gasteiger partial charge >= 0.3 is 0 Å². The number of carbonyl (C=O) groups excluding carboxylic acids is 1. The molecule has 0 fully saturated rings. The molecule has 108 valence electrons. The molecule has 6 heteroatoms. The van der Waals surface area contributed by atoms with Crippen LogP contribution in [-0.4, -0.2) is 21.0 Å². The maximum atomic E-state index is 11.4. The molecule has 0 spiro atoms. The standard InChI is InChI=1S/C16H12N4O2/c21-14-4-2-11-9-12(1-3-13(11)18-14)16-19-15(20-22-16)10-5-7-17-8-6-10/h1,3,5-9H,2,4H2,(H,18,21). The fraction of sp³-hybridized carbons (Fsp3) is 0.125. The molecular weight excluding hydrogens is 280 g/mol. The lowest BCUT2D eigenvalue weighted by atomic mass is 10.0. The monoisotopic (exact) mass is 292 g/mol. The van der Waals surface area contributed by atoms with Crippen molar-refractivity contribution in [1.29, 1.82) is 0 Å². The molecule has 0 saturated carbocycles. The van der Waals surface area contributed by atoms with Crippen LogP contribution in [0.25, 0.3) is 22.8 Å². The number of rotatable bonds is 2. The van der Waals surface area contributed by atoms with Gasteiger partial charge in [-0.05, 0) is 42.3 Å². The van der Waals surface area contributed by atoms with Crippen LogP contribution in [0, 0.1) is 0 Å². The molecule has 0 aliphatic carbocycles. The number of aromatic nitrogens is 3. The first-order valence-corrected chi connectivity index (χ1v) is 6.97. The Morgan fingerprint density at radius 3 is 2.77 bits per heavy atom. The van der Waals surface area contributed by atoms with Crippen molar-refractivity contribution in [2.45, 2.75) is 12.8 Å². The van der Waals surface area contributed by atoms with Crippen LogP contribution < -0.4 is 5.32 Å². The molecule has 3 heterocycles. The van der Waals surface area contributed by atoms with Gasteiger partial charge in [0.25, 0.3) is 5.89 Å². The molecule has 0 radical (unpaired) electrons. The molecule has 0 saturated heterocycles. The van der Waals surface area contributed by atoms with Crippen molar-refractivity contribution in [2.24, 2.45) is 0 Å². The number of amides is 1. The van der Waals surface area contributed by atoms with Crippen molar-refractivity contribution in [3.63, 3.8) is 0 Å². The summed E-state index contributed by atoms with van der Waals surface area (Å²) in [7, 11) is 0. The Bertz CT molecular complexity index is 842. The van der Waals surface area contributed by atoms with Crippen LogP contribution in [0.15, 0.2) is 47.2 Å². The molecule has 1 aliphatic heterocycles. The summed E-state index contributed by atoms with van der Waals surface area (Å²) in [6.07, 6.45) is 4.60. The lowest BCUT2D eigenvalue weighted by molar-refractivity contribution is -0.116. The summed E-state index contributed by atoms with van der Waals surface area (Å²) in [4.78, 5) is 19.8. The molecule has 0 unspecified atom stereocenters. The second kappa shape index (κ2) is 5.07. The van der Waals surface area contributed by atoms with Gasteiger partial charge in [0.05, 0.1) is 0 Å². The van der Waals surface area contributed by atoms with Gasteiger partial charge in [0.1, 0.15) is 0 Å². The summed E-state index contributed by atoms with van der Waals surface area (Å²) >= 11 is 0. The average molecular weight is 292 g/mol. The average Bonchev–Trinajstić information content (AvgIpc) is 3.05. The van der Waals surface area contributed by atoms with Crippen LogP contribution in [0.4, 0.5) is 5.69 Å². The maximum absolute atomic E-state index is 11.4. The Balaban J connectivity index is 1.68. The molecule has 1 amide bonds. The molecule has 4 rings (SSSR count). The number of carbonyl (C=O) groups is 1. The van der Waals surface area contributed by atoms with Gasteiger partial charge in [0.2, 0.25) is 11.7 Å². The highest BCUT2D eigenvalue weighted by Crippen LogP contribution is 2.28. The summed E-state index contributed by atoms with van der Waals surface area (Å²) in [6, 6.07) is 9.39. The zero-order valence-corrected chi connectivity index (χ0v) is 11.6. The number of anilines is 1. The second-order valence-corrected chi connectivity index (χ2v) is 5.08. The number of benzene rings is 1. The highest BCUT2D eigenvalue weighted by Gasteiger charge is 2.17. The third-order valence-corrected chi connectivity index (χ3v) is 3.61. The third kappa shape index (κ3) is 2.24. The van der Waals surface area contributed by atoms with E-state index >= 15 is 0 Å². The number of aryl methyl sites for hydroxylation is 1. The topological polar surface area (TPSA) is 80.9 Å². The molecule has 2 aromatic heterocycles. The zero-order valence-electron chi connectivity index (χ0n) is 11.6. The molecular formula is C16H12N4O2. The van der Waals surface area contributed by atoms with E-state index in [4.69, 9.17) is 4.52 Å². The van der Waals surface area contributed by atoms with E-state index in [9.17, 15) is 4.79 Å². The highest BCUT2D eigenvalue weighted by molar-refractivity contribution is 5.94. The van der Waals surface area contributed by atoms with E-state index in [2.05, 4.69) is 20.4 Å². The van der Waals surface area contributed by atoms with Crippen LogP contribution in [0.1, 0.15) is 12.0 Å². The first-order chi connectivity index (χ1) is 10.8. The summed E-state index contributed by atoms with van der Waals surface area (Å²) in [6.45, 7) is 0. The molecule has 1 aromatic carbocycles. The zero-order chi connectivity index (χ0) is 14.9. The van der Waals surface area contributed by atoms with Crippen molar-refractivity contribution in [3.05, 3.63) is 48.3 Å². The van der Waals surface area contributed by atoms with Crippen molar-refractivity contribution in [1.82, 2.24) is 15.1 Å². The molecule has 3 aromatic rings. The van der Waals surface area contributed by atoms with Gasteiger partial charge in [-0.25, -0.2) is 0 Å². The van der Waals surface area contributed by atoms with E-state index in [1.165, 1.54) is 0 Å². The largest absolute Gasteiger partial charge is 0.334 e. The van der Waals surface area contributed by atoms with Crippen molar-refractivity contribution in [2.75, 3.05) is 5.32 Å². The first-order valence-electron chi connectivity index (χ1n) is 6.97. The normalized spacial score (nSPS) is 13.5. The SMILES string of the molecule is O=C1CCc2cc(-c3nc(-c4ccncc4)no3)ccc2N1. The predicted molar refractivity (Wildman–Crippen MR) is 79.9 cm³/mol. The second-order valence-electron chi connectivity index (χ2n) is 5.08. The van der Waals surface area contributed by atoms with Crippen molar-refractivity contribution >= 4 is 11.6 Å². The summed E-state index contributed by atoms with van der Waals surface area (Å²) in [5.74, 6) is 1.05. The minimum atomic E-state index is 0.0537. The van der Waals surface area contributed by atoms with Crippen LogP contribution >= 0.6 is 0 Å². The molecule has 0 bridgehead atoms. The number of nitrogens with zero attached hydrogens (tertiary/aromatic N) is 3. The number of hydrogen-bond donors (Lipinski definition) is 1. The molecule has 1 aliphatic rings. The lowest BCUT2D eigenvalue weighted by Crippen LogP contribution is -2.18. The molecule has 6 nitrogen and oxygen atoms in total. The molecule has 0 atom stereocenters. The summed E-state index contributed by atoms with van der Waals surface area (Å²) in [5.41, 5.74) is 3.65. The van der Waals surface area contributed by atoms with Crippen molar-refractivity contribution in [3.8, 4) is 22.8 Å². The lowest BCUT2D eigenvalue weighted by Gasteiger charge is -2.16. The van der Waals surface area contributed by atoms with Crippen LogP contribution in [-0.2, 0) is 11.2 Å². The number of hydrogen-bond acceptors (Lipinski definition) is 5. The third-order valence-electron chi connectivity index (χ3n) is 3.61. The number of pyridine rings is 1. The predicted octanol–water partition coefficient (Wildman–Crippen LogP) is 2.68. The fourth-order valence-corrected chi connectivity index (χ4v) is 2.48. The van der Waals surface area contributed by atoms with Gasteiger partial charge in [0, 0.05) is 35.6 Å². The Morgan fingerprint density at radius 2 is 1.91 bits per heavy atom. The molecule has 1 N–H and O–H groups in total. The Morgan fingerprint density at radius 1 is 1.05 bits per heavy atom. The van der Waals surface area contributed by atoms with Gasteiger partial charge in [-0.1, -0.05) is 5.16 Å². The van der Waals surface area contributed by atoms with E-state index in [-0.39, 0.29) is 5.91 Å². The Kier molecular flexibility index (Phi) is 2.93. The maximum Gasteiger partial charge on any atom is 0.258 e. The minimum absolute atomic E-state index is 0.0537. The van der Waals surface area contributed by atoms with E-state index in [1.807, 2.05) is 30.3 Å². The smallest absolute Gasteiger partial charge is 0.258 e. The van der Waals surface area contributed by atoms with Gasteiger partial charge < -0.3 is 9.84 Å². The van der Waals surface area contributed by atoms with Crippen LogP contribution in [0.3, 0.4) is 0 Å². The number of nitrogens with one attached hydrogen (secondary N) is 1. The molecule has 22 heavy (non-hydrogen) atoms. The summed E-state index contributed by atoms with van der Waals surface area (Å²) < 4.78 is 5.35. The van der Waals surface area contributed by atoms with E-state index in [1.54, 1.807) is 12.4 Å². The highest BCUT2D eigenvalue weighted by atomic mass is 16.5. The van der Waals surface area contributed by atoms with Crippen molar-refractivity contribution < 1.29 is 9.32 Å². The van der Waals surface area contributed by atoms with Gasteiger partial charge in [-0.3, -0.25) is 9.78 Å². The van der Waals surface area contributed by atoms with E-state index in [0.29, 0.717) is 18.1 Å². The Labute approximate surface area is 126 Å². The van der Waals surface area contributed by atoms with E-state index in [0.717, 1.165) is 28.8 Å². The van der Waals surface area contributed by atoms with Crippen LogP contribution in [0.5, 0.6) is 0 Å². The van der Waals surface area contributed by atoms with Crippen LogP contribution in [0.2, 0.25) is 0 Å².